The van der Waals surface area contributed by atoms with Gasteiger partial charge in [-0.15, -0.1) is 0 Å². The van der Waals surface area contributed by atoms with Crippen LogP contribution < -0.4 is 11.1 Å². The Kier molecular flexibility index (Phi) is 4.30. The molecule has 2 heterocycles. The van der Waals surface area contributed by atoms with E-state index in [4.69, 9.17) is 5.73 Å². The lowest BCUT2D eigenvalue weighted by Gasteiger charge is -2.12. The number of nitro benzene ring substituents is 1. The Morgan fingerprint density at radius 3 is 2.52 bits per heavy atom. The molecule has 29 heavy (non-hydrogen) atoms. The van der Waals surface area contributed by atoms with Crippen molar-refractivity contribution in [2.45, 2.75) is 13.8 Å². The molecule has 0 radical (unpaired) electrons. The van der Waals surface area contributed by atoms with E-state index in [2.05, 4.69) is 20.3 Å². The maximum absolute atomic E-state index is 14.5. The van der Waals surface area contributed by atoms with Crippen molar-refractivity contribution in [1.82, 2.24) is 19.5 Å². The number of aryl methyl sites for hydroxylation is 2. The molecule has 0 spiro atoms. The number of hydrogen-bond acceptors (Lipinski definition) is 7. The summed E-state index contributed by atoms with van der Waals surface area (Å²) in [6.45, 7) is 3.64. The van der Waals surface area contributed by atoms with Crippen LogP contribution in [0.1, 0.15) is 11.4 Å². The minimum atomic E-state index is -0.771. The van der Waals surface area contributed by atoms with E-state index in [1.54, 1.807) is 29.7 Å². The van der Waals surface area contributed by atoms with Crippen molar-refractivity contribution in [2.24, 2.45) is 0 Å². The van der Waals surface area contributed by atoms with Gasteiger partial charge in [0.2, 0.25) is 11.8 Å². The number of anilines is 3. The molecule has 4 aromatic rings. The summed E-state index contributed by atoms with van der Waals surface area (Å²) < 4.78 is 16.1. The van der Waals surface area contributed by atoms with E-state index in [0.29, 0.717) is 22.5 Å². The fraction of sp³-hybridized carbons (Fsp3) is 0.105. The first-order valence-electron chi connectivity index (χ1n) is 8.64. The van der Waals surface area contributed by atoms with Crippen LogP contribution in [0.5, 0.6) is 0 Å². The van der Waals surface area contributed by atoms with Gasteiger partial charge < -0.3 is 11.1 Å². The normalized spacial score (nSPS) is 11.0. The molecule has 9 nitrogen and oxygen atoms in total. The van der Waals surface area contributed by atoms with Crippen molar-refractivity contribution in [3.05, 3.63) is 69.8 Å². The van der Waals surface area contributed by atoms with Gasteiger partial charge in [0.15, 0.2) is 11.6 Å². The van der Waals surface area contributed by atoms with E-state index in [0.717, 1.165) is 5.56 Å². The summed E-state index contributed by atoms with van der Waals surface area (Å²) in [5, 5.41) is 13.9. The molecule has 0 saturated heterocycles. The molecule has 2 aromatic carbocycles. The lowest BCUT2D eigenvalue weighted by atomic mass is 10.2. The highest BCUT2D eigenvalue weighted by atomic mass is 19.1. The second-order valence-corrected chi connectivity index (χ2v) is 6.49. The first kappa shape index (κ1) is 18.3. The van der Waals surface area contributed by atoms with Gasteiger partial charge in [-0.05, 0) is 32.0 Å². The molecular weight excluding hydrogens is 377 g/mol. The third-order valence-electron chi connectivity index (χ3n) is 4.40. The van der Waals surface area contributed by atoms with E-state index < -0.39 is 10.7 Å². The Labute approximate surface area is 164 Å². The minimum Gasteiger partial charge on any atom is -0.381 e. The number of nitrogens with one attached hydrogen (secondary N) is 1. The van der Waals surface area contributed by atoms with Crippen molar-refractivity contribution in [3.63, 3.8) is 0 Å². The maximum atomic E-state index is 14.5. The first-order valence-corrected chi connectivity index (χ1v) is 8.64. The molecule has 0 atom stereocenters. The van der Waals surface area contributed by atoms with Crippen molar-refractivity contribution >= 4 is 34.0 Å². The lowest BCUT2D eigenvalue weighted by Crippen LogP contribution is -2.10. The first-order chi connectivity index (χ1) is 13.8. The summed E-state index contributed by atoms with van der Waals surface area (Å²) in [6.07, 6.45) is 0. The third-order valence-corrected chi connectivity index (χ3v) is 4.40. The van der Waals surface area contributed by atoms with Gasteiger partial charge in [-0.1, -0.05) is 17.7 Å². The van der Waals surface area contributed by atoms with Crippen LogP contribution in [0.3, 0.4) is 0 Å². The highest BCUT2D eigenvalue weighted by molar-refractivity contribution is 5.80. The number of fused-ring (bicyclic) bond motifs is 1. The summed E-state index contributed by atoms with van der Waals surface area (Å²) in [4.78, 5) is 23.2. The molecule has 0 unspecified atom stereocenters. The van der Waals surface area contributed by atoms with Gasteiger partial charge >= 0.3 is 0 Å². The van der Waals surface area contributed by atoms with Gasteiger partial charge in [-0.3, -0.25) is 14.7 Å². The molecule has 146 valence electrons. The van der Waals surface area contributed by atoms with Gasteiger partial charge in [-0.25, -0.2) is 4.98 Å². The van der Waals surface area contributed by atoms with Crippen molar-refractivity contribution < 1.29 is 9.31 Å². The number of nitrogens with zero attached hydrogens (tertiary/aromatic N) is 5. The Hall–Kier alpha value is -4.08. The minimum absolute atomic E-state index is 0.0802. The number of imidazole rings is 1. The largest absolute Gasteiger partial charge is 0.381 e. The van der Waals surface area contributed by atoms with Gasteiger partial charge in [0.05, 0.1) is 16.0 Å². The number of aromatic nitrogens is 4. The molecule has 0 saturated carbocycles. The smallest absolute Gasteiger partial charge is 0.271 e. The van der Waals surface area contributed by atoms with E-state index >= 15 is 0 Å². The van der Waals surface area contributed by atoms with Gasteiger partial charge in [0.25, 0.3) is 5.69 Å². The number of halogens is 1. The fourth-order valence-corrected chi connectivity index (χ4v) is 2.96. The molecule has 0 fully saturated rings. The third kappa shape index (κ3) is 3.31. The zero-order valence-corrected chi connectivity index (χ0v) is 15.5. The molecule has 0 aliphatic carbocycles. The maximum Gasteiger partial charge on any atom is 0.271 e. The van der Waals surface area contributed by atoms with Gasteiger partial charge in [0.1, 0.15) is 5.82 Å². The van der Waals surface area contributed by atoms with Gasteiger partial charge in [-0.2, -0.15) is 14.4 Å². The number of non-ortho nitro benzene ring substituents is 1. The summed E-state index contributed by atoms with van der Waals surface area (Å²) in [6, 6.07) is 11.6. The zero-order valence-electron chi connectivity index (χ0n) is 15.5. The number of rotatable bonds is 4. The van der Waals surface area contributed by atoms with Gasteiger partial charge in [0, 0.05) is 17.8 Å². The predicted octanol–water partition coefficient (Wildman–Crippen LogP) is 3.81. The van der Waals surface area contributed by atoms with Crippen LogP contribution >= 0.6 is 0 Å². The summed E-state index contributed by atoms with van der Waals surface area (Å²) >= 11 is 0. The number of nitrogens with two attached hydrogens (primary N) is 1. The van der Waals surface area contributed by atoms with E-state index in [9.17, 15) is 14.5 Å². The number of nitrogen functional groups attached to an aromatic ring is 1. The van der Waals surface area contributed by atoms with Crippen molar-refractivity contribution in [3.8, 4) is 5.95 Å². The molecule has 2 aromatic heterocycles. The Morgan fingerprint density at radius 1 is 1.10 bits per heavy atom. The second kappa shape index (κ2) is 6.82. The molecule has 3 N–H and O–H groups in total. The molecular formula is C19H16FN7O2. The molecule has 0 amide bonds. The van der Waals surface area contributed by atoms with Crippen LogP contribution in [0.2, 0.25) is 0 Å². The second-order valence-electron chi connectivity index (χ2n) is 6.49. The van der Waals surface area contributed by atoms with Crippen LogP contribution in [0.25, 0.3) is 17.0 Å². The average molecular weight is 393 g/mol. The highest BCUT2D eigenvalue weighted by Gasteiger charge is 2.19. The molecule has 4 rings (SSSR count). The van der Waals surface area contributed by atoms with Crippen LogP contribution in [-0.2, 0) is 0 Å². The van der Waals surface area contributed by atoms with Crippen LogP contribution in [0, 0.1) is 29.8 Å². The van der Waals surface area contributed by atoms with Crippen molar-refractivity contribution in [2.75, 3.05) is 11.1 Å². The number of nitro groups is 1. The van der Waals surface area contributed by atoms with E-state index in [1.807, 2.05) is 19.1 Å². The number of hydrogen-bond donors (Lipinski definition) is 2. The van der Waals surface area contributed by atoms with Crippen molar-refractivity contribution in [1.29, 1.82) is 0 Å². The number of benzene rings is 2. The molecule has 10 heteroatoms. The predicted molar refractivity (Wildman–Crippen MR) is 107 cm³/mol. The average Bonchev–Trinajstić information content (AvgIpc) is 3.01. The Morgan fingerprint density at radius 2 is 1.83 bits per heavy atom. The van der Waals surface area contributed by atoms with Crippen LogP contribution in [0.15, 0.2) is 42.5 Å². The van der Waals surface area contributed by atoms with E-state index in [1.165, 1.54) is 12.1 Å². The Balaban J connectivity index is 1.83. The lowest BCUT2D eigenvalue weighted by molar-refractivity contribution is -0.384. The van der Waals surface area contributed by atoms with Crippen LogP contribution in [0.4, 0.5) is 27.4 Å². The summed E-state index contributed by atoms with van der Waals surface area (Å²) in [5.41, 5.74) is 8.34. The molecule has 0 bridgehead atoms. The van der Waals surface area contributed by atoms with Crippen LogP contribution in [-0.4, -0.2) is 24.4 Å². The summed E-state index contributed by atoms with van der Waals surface area (Å²) in [5.74, 6) is -0.598. The Bertz CT molecular complexity index is 1250. The quantitative estimate of drug-likeness (QED) is 0.399. The van der Waals surface area contributed by atoms with E-state index in [-0.39, 0.29) is 23.3 Å². The summed E-state index contributed by atoms with van der Waals surface area (Å²) in [7, 11) is 0. The molecule has 0 aliphatic heterocycles. The topological polar surface area (TPSA) is 125 Å². The fourth-order valence-electron chi connectivity index (χ4n) is 2.96. The molecule has 0 aliphatic rings. The highest BCUT2D eigenvalue weighted by Crippen LogP contribution is 2.27. The zero-order chi connectivity index (χ0) is 20.7. The standard InChI is InChI=1S/C19H16FN7O2/c1-10-3-5-12(6-4-10)23-18-16(20)17(21)24-19(25-18)26-11(2)22-14-9-13(27(28)29)7-8-15(14)26/h3-9H,1-2H3,(H3,21,23,24,25). The monoisotopic (exact) mass is 393 g/mol. The SMILES string of the molecule is Cc1ccc(Nc2nc(-n3c(C)nc4cc([N+](=O)[O-])ccc43)nc(N)c2F)cc1.